The van der Waals surface area contributed by atoms with E-state index in [0.717, 1.165) is 18.8 Å². The summed E-state index contributed by atoms with van der Waals surface area (Å²) >= 11 is 0. The number of hydrogen-bond acceptors (Lipinski definition) is 6. The number of piperidine rings is 1. The van der Waals surface area contributed by atoms with Gasteiger partial charge in [-0.3, -0.25) is 4.79 Å². The molecule has 0 bridgehead atoms. The molecule has 1 atom stereocenters. The Morgan fingerprint density at radius 1 is 1.25 bits per heavy atom. The third-order valence-corrected chi connectivity index (χ3v) is 4.16. The maximum Gasteiger partial charge on any atom is 0.291 e. The van der Waals surface area contributed by atoms with Crippen LogP contribution in [-0.2, 0) is 0 Å². The van der Waals surface area contributed by atoms with Crippen LogP contribution in [0.5, 0.6) is 0 Å². The maximum absolute atomic E-state index is 12.4. The van der Waals surface area contributed by atoms with Crippen LogP contribution in [0.3, 0.4) is 0 Å². The number of carbonyl (C=O) groups is 1. The van der Waals surface area contributed by atoms with E-state index in [9.17, 15) is 9.90 Å². The van der Waals surface area contributed by atoms with E-state index >= 15 is 0 Å². The Balaban J connectivity index is 1.68. The van der Waals surface area contributed by atoms with Crippen LogP contribution in [0.4, 0.5) is 5.82 Å². The molecule has 1 fully saturated rings. The number of aliphatic hydroxyl groups is 1. The lowest BCUT2D eigenvalue weighted by molar-refractivity contribution is -0.000436. The van der Waals surface area contributed by atoms with Crippen molar-refractivity contribution in [3.63, 3.8) is 0 Å². The first-order valence-corrected chi connectivity index (χ1v) is 7.98. The van der Waals surface area contributed by atoms with Crippen LogP contribution in [-0.4, -0.2) is 63.1 Å². The summed E-state index contributed by atoms with van der Waals surface area (Å²) in [5, 5.41) is 11.0. The maximum atomic E-state index is 12.4. The molecule has 126 valence electrons. The lowest BCUT2D eigenvalue weighted by atomic mass is 9.92. The minimum atomic E-state index is -0.977. The minimum absolute atomic E-state index is 0.140. The number of β-amino-alcohol motifs (C(OH)–C–C–N with tert-alkyl or cyclic N) is 1. The van der Waals surface area contributed by atoms with Crippen LogP contribution in [0, 0.1) is 0 Å². The highest BCUT2D eigenvalue weighted by Crippen LogP contribution is 2.25. The van der Waals surface area contributed by atoms with E-state index in [4.69, 9.17) is 0 Å². The highest BCUT2D eigenvalue weighted by atomic mass is 16.3. The number of nitrogens with zero attached hydrogens (tertiary/aromatic N) is 5. The SMILES string of the molecule is CN(CC1(O)CCCN(c2ccccn2)C1)C(=O)c1ncccn1. The van der Waals surface area contributed by atoms with Crippen molar-refractivity contribution in [2.45, 2.75) is 18.4 Å². The van der Waals surface area contributed by atoms with Crippen molar-refractivity contribution in [3.05, 3.63) is 48.7 Å². The summed E-state index contributed by atoms with van der Waals surface area (Å²) in [7, 11) is 1.66. The summed E-state index contributed by atoms with van der Waals surface area (Å²) < 4.78 is 0. The van der Waals surface area contributed by atoms with Crippen LogP contribution in [0.2, 0.25) is 0 Å². The Hall–Kier alpha value is -2.54. The lowest BCUT2D eigenvalue weighted by Gasteiger charge is -2.41. The molecule has 7 nitrogen and oxygen atoms in total. The quantitative estimate of drug-likeness (QED) is 0.901. The Morgan fingerprint density at radius 2 is 2.00 bits per heavy atom. The molecule has 24 heavy (non-hydrogen) atoms. The molecule has 0 spiro atoms. The van der Waals surface area contributed by atoms with E-state index in [-0.39, 0.29) is 18.3 Å². The first-order valence-electron chi connectivity index (χ1n) is 7.98. The van der Waals surface area contributed by atoms with E-state index in [1.165, 1.54) is 17.3 Å². The van der Waals surface area contributed by atoms with Gasteiger partial charge in [-0.15, -0.1) is 0 Å². The Morgan fingerprint density at radius 3 is 2.71 bits per heavy atom. The van der Waals surface area contributed by atoms with Gasteiger partial charge >= 0.3 is 0 Å². The Kier molecular flexibility index (Phi) is 4.71. The average molecular weight is 327 g/mol. The second kappa shape index (κ2) is 6.92. The normalized spacial score (nSPS) is 20.7. The van der Waals surface area contributed by atoms with Crippen molar-refractivity contribution < 1.29 is 9.90 Å². The van der Waals surface area contributed by atoms with Crippen molar-refractivity contribution in [2.75, 3.05) is 31.6 Å². The van der Waals surface area contributed by atoms with E-state index in [1.807, 2.05) is 18.2 Å². The Labute approximate surface area is 141 Å². The van der Waals surface area contributed by atoms with E-state index in [2.05, 4.69) is 19.9 Å². The van der Waals surface area contributed by atoms with Crippen LogP contribution in [0.1, 0.15) is 23.5 Å². The molecule has 1 amide bonds. The van der Waals surface area contributed by atoms with Gasteiger partial charge in [-0.2, -0.15) is 0 Å². The van der Waals surface area contributed by atoms with Gasteiger partial charge in [0.15, 0.2) is 0 Å². The number of hydrogen-bond donors (Lipinski definition) is 1. The summed E-state index contributed by atoms with van der Waals surface area (Å²) in [5.41, 5.74) is -0.977. The number of pyridine rings is 1. The van der Waals surface area contributed by atoms with Crippen LogP contribution in [0.25, 0.3) is 0 Å². The zero-order valence-corrected chi connectivity index (χ0v) is 13.7. The molecule has 2 aromatic heterocycles. The molecule has 0 aromatic carbocycles. The fourth-order valence-electron chi connectivity index (χ4n) is 3.07. The van der Waals surface area contributed by atoms with E-state index in [1.54, 1.807) is 19.3 Å². The van der Waals surface area contributed by atoms with Crippen molar-refractivity contribution in [1.29, 1.82) is 0 Å². The monoisotopic (exact) mass is 327 g/mol. The molecular formula is C17H21N5O2. The summed E-state index contributed by atoms with van der Waals surface area (Å²) in [5.74, 6) is 0.691. The molecule has 0 saturated carbocycles. The van der Waals surface area contributed by atoms with E-state index in [0.29, 0.717) is 13.0 Å². The van der Waals surface area contributed by atoms with Gasteiger partial charge in [0.1, 0.15) is 5.82 Å². The second-order valence-electron chi connectivity index (χ2n) is 6.17. The predicted octanol–water partition coefficient (Wildman–Crippen LogP) is 0.975. The molecule has 0 radical (unpaired) electrons. The summed E-state index contributed by atoms with van der Waals surface area (Å²) in [6.07, 6.45) is 6.30. The van der Waals surface area contributed by atoms with Gasteiger partial charge in [-0.05, 0) is 31.0 Å². The number of anilines is 1. The first-order chi connectivity index (χ1) is 11.6. The van der Waals surface area contributed by atoms with Gasteiger partial charge < -0.3 is 14.9 Å². The van der Waals surface area contributed by atoms with Crippen molar-refractivity contribution in [2.24, 2.45) is 0 Å². The third-order valence-electron chi connectivity index (χ3n) is 4.16. The van der Waals surface area contributed by atoms with Gasteiger partial charge in [-0.1, -0.05) is 6.07 Å². The number of likely N-dealkylation sites (N-methyl/N-ethyl adjacent to an activating group) is 1. The molecule has 0 aliphatic carbocycles. The predicted molar refractivity (Wildman–Crippen MR) is 89.6 cm³/mol. The average Bonchev–Trinajstić information content (AvgIpc) is 2.62. The number of amides is 1. The fraction of sp³-hybridized carbons (Fsp3) is 0.412. The second-order valence-corrected chi connectivity index (χ2v) is 6.17. The zero-order valence-electron chi connectivity index (χ0n) is 13.7. The van der Waals surface area contributed by atoms with Crippen LogP contribution < -0.4 is 4.90 Å². The minimum Gasteiger partial charge on any atom is -0.386 e. The van der Waals surface area contributed by atoms with Gasteiger partial charge in [-0.25, -0.2) is 15.0 Å². The van der Waals surface area contributed by atoms with E-state index < -0.39 is 5.60 Å². The smallest absolute Gasteiger partial charge is 0.291 e. The fourth-order valence-corrected chi connectivity index (χ4v) is 3.07. The number of aromatic nitrogens is 3. The molecule has 1 saturated heterocycles. The van der Waals surface area contributed by atoms with Gasteiger partial charge in [0.05, 0.1) is 12.1 Å². The molecule has 1 unspecified atom stereocenters. The summed E-state index contributed by atoms with van der Waals surface area (Å²) in [6.45, 7) is 1.52. The third kappa shape index (κ3) is 3.68. The summed E-state index contributed by atoms with van der Waals surface area (Å²) in [4.78, 5) is 28.2. The highest BCUT2D eigenvalue weighted by molar-refractivity contribution is 5.90. The molecule has 3 heterocycles. The number of rotatable bonds is 4. The molecule has 2 aromatic rings. The standard InChI is InChI=1S/C17H21N5O2/c1-21(16(23)15-19-9-5-10-20-15)12-17(24)7-4-11-22(13-17)14-6-2-3-8-18-14/h2-3,5-6,8-10,24H,4,7,11-13H2,1H3. The van der Waals surface area contributed by atoms with Crippen molar-refractivity contribution in [1.82, 2.24) is 19.9 Å². The Bertz CT molecular complexity index is 682. The van der Waals surface area contributed by atoms with Gasteiger partial charge in [0, 0.05) is 38.7 Å². The van der Waals surface area contributed by atoms with Crippen LogP contribution >= 0.6 is 0 Å². The van der Waals surface area contributed by atoms with Crippen molar-refractivity contribution in [3.8, 4) is 0 Å². The molecular weight excluding hydrogens is 306 g/mol. The molecule has 3 rings (SSSR count). The zero-order chi connectivity index (χ0) is 17.0. The molecule has 7 heteroatoms. The van der Waals surface area contributed by atoms with Crippen LogP contribution in [0.15, 0.2) is 42.9 Å². The lowest BCUT2D eigenvalue weighted by Crippen LogP contribution is -2.55. The summed E-state index contributed by atoms with van der Waals surface area (Å²) in [6, 6.07) is 7.39. The topological polar surface area (TPSA) is 82.5 Å². The molecule has 1 aliphatic rings. The highest BCUT2D eigenvalue weighted by Gasteiger charge is 2.36. The molecule has 1 N–H and O–H groups in total. The molecule has 1 aliphatic heterocycles. The van der Waals surface area contributed by atoms with Crippen molar-refractivity contribution >= 4 is 11.7 Å². The van der Waals surface area contributed by atoms with Gasteiger partial charge in [0.2, 0.25) is 5.82 Å². The largest absolute Gasteiger partial charge is 0.386 e. The van der Waals surface area contributed by atoms with Gasteiger partial charge in [0.25, 0.3) is 5.91 Å². The number of carbonyl (C=O) groups excluding carboxylic acids is 1. The first kappa shape index (κ1) is 16.3.